The number of nitrogens with zero attached hydrogens (tertiary/aromatic N) is 8. The Bertz CT molecular complexity index is 3880. The first kappa shape index (κ1) is 68.2. The fourth-order valence-corrected chi connectivity index (χ4v) is 7.85. The molecule has 77 heavy (non-hydrogen) atoms. The molecule has 368 valence electrons. The van der Waals surface area contributed by atoms with Gasteiger partial charge in [0.15, 0.2) is 16.6 Å². The summed E-state index contributed by atoms with van der Waals surface area (Å²) in [6, 6.07) is 39.0. The second-order valence-corrected chi connectivity index (χ2v) is 18.3. The topological polar surface area (TPSA) is 404 Å². The van der Waals surface area contributed by atoms with Gasteiger partial charge in [-0.15, -0.1) is 45.7 Å². The third kappa shape index (κ3) is 19.6. The molecule has 24 nitrogen and oxygen atoms in total. The Kier molecular flexibility index (Phi) is 27.8. The maximum Gasteiger partial charge on any atom is 1.00 e. The minimum atomic E-state index is -4.78. The van der Waals surface area contributed by atoms with Crippen molar-refractivity contribution in [2.75, 3.05) is 16.0 Å². The number of aromatic nitrogens is 1. The molecule has 0 fully saturated rings. The maximum absolute atomic E-state index is 12.8. The van der Waals surface area contributed by atoms with E-state index in [-0.39, 0.29) is 142 Å². The summed E-state index contributed by atoms with van der Waals surface area (Å²) < 4.78 is 120. The van der Waals surface area contributed by atoms with E-state index < -0.39 is 57.2 Å². The molecule has 33 heteroatoms. The summed E-state index contributed by atoms with van der Waals surface area (Å²) in [5.74, 6) is -0.482. The molecule has 0 bridgehead atoms. The van der Waals surface area contributed by atoms with E-state index in [1.165, 1.54) is 43.3 Å². The Labute approximate surface area is 494 Å². The van der Waals surface area contributed by atoms with Gasteiger partial charge in [-0.05, 0) is 85.3 Å². The first-order valence-electron chi connectivity index (χ1n) is 19.5. The van der Waals surface area contributed by atoms with Crippen LogP contribution in [0.25, 0.3) is 11.1 Å². The van der Waals surface area contributed by atoms with Crippen LogP contribution in [0, 0.1) is 53.0 Å². The Morgan fingerprint density at radius 2 is 1.09 bits per heavy atom. The van der Waals surface area contributed by atoms with E-state index in [1.54, 1.807) is 54.6 Å². The minimum Gasteiger partial charge on any atom is -0.744 e. The number of anilines is 5. The molecule has 0 atom stereocenters. The molecule has 1 amide bonds. The fourth-order valence-electron chi connectivity index (χ4n) is 5.99. The predicted octanol–water partition coefficient (Wildman–Crippen LogP) is -4.28. The zero-order valence-corrected chi connectivity index (χ0v) is 44.5. The molecule has 0 unspecified atom stereocenters. The number of hydrogen-bond acceptors (Lipinski definition) is 24. The van der Waals surface area contributed by atoms with Gasteiger partial charge in [-0.2, -0.15) is 21.3 Å². The van der Waals surface area contributed by atoms with Crippen molar-refractivity contribution in [3.8, 4) is 29.3 Å². The molecular weight excluding hydrogens is 1080 g/mol. The van der Waals surface area contributed by atoms with Gasteiger partial charge in [-0.25, -0.2) is 21.8 Å². The number of hydrogen-bond donors (Lipinski definition) is 3. The van der Waals surface area contributed by atoms with Crippen molar-refractivity contribution in [2.24, 2.45) is 20.5 Å². The first-order chi connectivity index (χ1) is 34.6. The van der Waals surface area contributed by atoms with Crippen LogP contribution in [0.1, 0.15) is 32.6 Å². The number of thiophene rings is 1. The summed E-state index contributed by atoms with van der Waals surface area (Å²) in [6.07, 6.45) is 0. The van der Waals surface area contributed by atoms with Crippen LogP contribution in [-0.4, -0.2) is 62.1 Å². The SMILES string of the molecule is Cc1c(C#N)c(Nc2ccc(S(=O)(=O)[O-])cc2)nc(Nc2ccc(S(=O)(=O)[O-])cc2)c1N=Nc1sc(N=Nc2ccccc2C#N)c(-c2ccc(NC(=O)c3c[c-]c[c-]c3)cc2)c1C#N.O=S(=O)=O.O=S(=O)=O.[Li+].[Li+].[Li+].[Li+]. The molecule has 0 saturated carbocycles. The van der Waals surface area contributed by atoms with Gasteiger partial charge in [0.05, 0.1) is 20.9 Å². The van der Waals surface area contributed by atoms with Crippen molar-refractivity contribution in [3.63, 3.8) is 0 Å². The van der Waals surface area contributed by atoms with Gasteiger partial charge in [-0.3, -0.25) is 16.9 Å². The number of carbonyl (C=O) groups is 1. The fraction of sp³-hybridized carbons (Fsp3) is 0.0227. The van der Waals surface area contributed by atoms with Crippen molar-refractivity contribution in [1.29, 1.82) is 15.8 Å². The molecular formula is C44H25Li4N11O13S5. The van der Waals surface area contributed by atoms with Crippen LogP contribution in [-0.2, 0) is 41.5 Å². The van der Waals surface area contributed by atoms with Crippen LogP contribution in [0.2, 0.25) is 0 Å². The number of amides is 1. The molecule has 0 aliphatic rings. The third-order valence-corrected chi connectivity index (χ3v) is 11.8. The van der Waals surface area contributed by atoms with Crippen molar-refractivity contribution in [2.45, 2.75) is 16.7 Å². The Morgan fingerprint density at radius 3 is 1.57 bits per heavy atom. The van der Waals surface area contributed by atoms with Crippen molar-refractivity contribution in [3.05, 3.63) is 155 Å². The smallest absolute Gasteiger partial charge is 0.744 e. The van der Waals surface area contributed by atoms with Crippen molar-refractivity contribution < 1.29 is 131 Å². The summed E-state index contributed by atoms with van der Waals surface area (Å²) in [4.78, 5) is 16.4. The van der Waals surface area contributed by atoms with E-state index in [0.717, 1.165) is 35.6 Å². The first-order valence-corrected chi connectivity index (χ1v) is 25.1. The summed E-state index contributed by atoms with van der Waals surface area (Å²) in [7, 11) is -15.8. The van der Waals surface area contributed by atoms with Crippen LogP contribution in [0.5, 0.6) is 0 Å². The standard InChI is InChI=1S/C44H27N11O7S3.4Li.2O3S/c1-26-35(24-46)40(48-30-15-19-33(20-16-30)64(57,58)59)51-41(49-31-17-21-34(22-18-31)65(60,61)62)39(26)53-54-43-36(25-47)38(44(63-43)55-52-37-10-6-5-9-29(37)23-45)27-11-13-32(14-12-27)50-42(56)28-7-3-2-4-8-28;;;;;2*1-4(2)3/h2,5-22H,1H3,(H,50,56)(H2,48,49,51)(H,57,58,59)(H,60,61,62);;;;;;/q-2;4*+1;;/p-2. The Hall–Kier alpha value is -6.86. The summed E-state index contributed by atoms with van der Waals surface area (Å²) in [6.45, 7) is 1.54. The maximum atomic E-state index is 12.8. The Morgan fingerprint density at radius 1 is 0.623 bits per heavy atom. The summed E-state index contributed by atoms with van der Waals surface area (Å²) >= 11 is 0.934. The van der Waals surface area contributed by atoms with Gasteiger partial charge < -0.3 is 43.3 Å². The van der Waals surface area contributed by atoms with Crippen LogP contribution >= 0.6 is 11.3 Å². The molecule has 0 radical (unpaired) electrons. The molecule has 2 heterocycles. The largest absolute Gasteiger partial charge is 1.00 e. The number of nitrogens with one attached hydrogen (secondary N) is 3. The van der Waals surface area contributed by atoms with Crippen LogP contribution in [0.3, 0.4) is 0 Å². The van der Waals surface area contributed by atoms with Crippen LogP contribution in [0.15, 0.2) is 146 Å². The van der Waals surface area contributed by atoms with Gasteiger partial charge in [0.2, 0.25) is 0 Å². The average molecular weight is 1100 g/mol. The normalized spacial score (nSPS) is 10.3. The van der Waals surface area contributed by atoms with Gasteiger partial charge in [0.25, 0.3) is 0 Å². The van der Waals surface area contributed by atoms with Gasteiger partial charge >= 0.3 is 96.7 Å². The van der Waals surface area contributed by atoms with E-state index in [9.17, 15) is 46.5 Å². The zero-order valence-electron chi connectivity index (χ0n) is 40.4. The minimum absolute atomic E-state index is 0. The molecule has 0 aliphatic carbocycles. The van der Waals surface area contributed by atoms with Crippen molar-refractivity contribution >= 4 is 109 Å². The molecule has 0 spiro atoms. The van der Waals surface area contributed by atoms with E-state index in [1.807, 2.05) is 0 Å². The number of benzene rings is 5. The average Bonchev–Trinajstić information content (AvgIpc) is 3.70. The van der Waals surface area contributed by atoms with Crippen LogP contribution in [0.4, 0.5) is 50.1 Å². The van der Waals surface area contributed by atoms with E-state index in [0.29, 0.717) is 22.4 Å². The monoisotopic (exact) mass is 1100 g/mol. The molecule has 5 aromatic carbocycles. The number of nitriles is 3. The molecule has 2 aromatic heterocycles. The third-order valence-electron chi connectivity index (χ3n) is 9.17. The van der Waals surface area contributed by atoms with Crippen LogP contribution < -0.4 is 91.4 Å². The van der Waals surface area contributed by atoms with Gasteiger partial charge in [0, 0.05) is 28.2 Å². The molecule has 0 saturated heterocycles. The van der Waals surface area contributed by atoms with E-state index in [2.05, 4.69) is 71.7 Å². The number of pyridine rings is 1. The number of carbonyl (C=O) groups excluding carboxylic acids is 1. The van der Waals surface area contributed by atoms with E-state index in [4.69, 9.17) is 25.3 Å². The Balaban J connectivity index is 0.00000231. The number of azo groups is 2. The molecule has 0 aliphatic heterocycles. The van der Waals surface area contributed by atoms with Crippen molar-refractivity contribution in [1.82, 2.24) is 4.98 Å². The zero-order chi connectivity index (χ0) is 53.5. The molecule has 7 rings (SSSR count). The summed E-state index contributed by atoms with van der Waals surface area (Å²) in [5, 5.41) is 57.3. The van der Waals surface area contributed by atoms with Gasteiger partial charge in [0.1, 0.15) is 66.3 Å². The predicted molar refractivity (Wildman–Crippen MR) is 255 cm³/mol. The van der Waals surface area contributed by atoms with Gasteiger partial charge in [-0.1, -0.05) is 35.6 Å². The second-order valence-electron chi connectivity index (χ2n) is 13.7. The summed E-state index contributed by atoms with van der Waals surface area (Å²) in [5.41, 5.74) is 2.72. The number of rotatable bonds is 13. The second kappa shape index (κ2) is 31.4. The molecule has 3 N–H and O–H groups in total. The molecule has 7 aromatic rings. The quantitative estimate of drug-likeness (QED) is 0.0426. The van der Waals surface area contributed by atoms with E-state index >= 15 is 0 Å².